The van der Waals surface area contributed by atoms with Crippen LogP contribution in [0.2, 0.25) is 0 Å². The minimum atomic E-state index is -0.190. The average molecular weight is 447 g/mol. The molecule has 0 spiro atoms. The first-order valence-corrected chi connectivity index (χ1v) is 11.8. The van der Waals surface area contributed by atoms with Gasteiger partial charge in [0, 0.05) is 17.7 Å². The van der Waals surface area contributed by atoms with Gasteiger partial charge >= 0.3 is 0 Å². The van der Waals surface area contributed by atoms with E-state index in [9.17, 15) is 0 Å². The van der Waals surface area contributed by atoms with Gasteiger partial charge in [0.2, 0.25) is 11.9 Å². The lowest BCUT2D eigenvalue weighted by Gasteiger charge is -2.44. The van der Waals surface area contributed by atoms with E-state index in [0.29, 0.717) is 6.04 Å². The maximum atomic E-state index is 5.76. The second-order valence-electron chi connectivity index (χ2n) is 9.00. The molecule has 6 rings (SSSR count). The molecule has 0 saturated heterocycles. The van der Waals surface area contributed by atoms with Crippen molar-refractivity contribution in [1.29, 1.82) is 0 Å². The highest BCUT2D eigenvalue weighted by atomic mass is 16.5. The topological polar surface area (TPSA) is 67.2 Å². The molecule has 3 aliphatic rings. The number of aromatic nitrogens is 2. The summed E-state index contributed by atoms with van der Waals surface area (Å²) in [5.74, 6) is 3.32. The van der Waals surface area contributed by atoms with Gasteiger partial charge < -0.3 is 14.8 Å². The number of fused-ring (bicyclic) bond motifs is 5. The lowest BCUT2D eigenvalue weighted by atomic mass is 9.94. The van der Waals surface area contributed by atoms with Crippen LogP contribution in [0.3, 0.4) is 0 Å². The number of nitrogens with one attached hydrogen (secondary N) is 1. The third kappa shape index (κ3) is 3.40. The van der Waals surface area contributed by atoms with Crippen molar-refractivity contribution in [3.8, 4) is 11.5 Å². The second kappa shape index (κ2) is 8.26. The zero-order valence-electron chi connectivity index (χ0n) is 19.2. The summed E-state index contributed by atoms with van der Waals surface area (Å²) in [6, 6.07) is 14.9. The van der Waals surface area contributed by atoms with Gasteiger partial charge in [-0.3, -0.25) is 14.4 Å². The normalized spacial score (nSPS) is 21.2. The van der Waals surface area contributed by atoms with Crippen LogP contribution >= 0.6 is 0 Å². The number of nitrogens with zero attached hydrogens (tertiary/aromatic N) is 5. The Morgan fingerprint density at radius 3 is 2.67 bits per heavy atom. The van der Waals surface area contributed by atoms with Crippen molar-refractivity contribution < 1.29 is 9.47 Å². The van der Waals surface area contributed by atoms with Crippen LogP contribution in [0.4, 0.5) is 5.95 Å². The molecule has 172 valence electrons. The summed E-state index contributed by atoms with van der Waals surface area (Å²) in [5, 5.41) is 3.69. The Hall–Kier alpha value is -3.26. The number of rotatable bonds is 4. The van der Waals surface area contributed by atoms with Crippen LogP contribution in [0.1, 0.15) is 43.8 Å². The zero-order chi connectivity index (χ0) is 22.4. The zero-order valence-corrected chi connectivity index (χ0v) is 19.2. The highest BCUT2D eigenvalue weighted by Crippen LogP contribution is 2.38. The SMILES string of the molecule is COc1ccc([C@H]2NC3=NCN(C4CCCCC4)CN3c3nc4ccccc4n32)c(OC)c1. The van der Waals surface area contributed by atoms with Crippen LogP contribution in [0.5, 0.6) is 11.5 Å². The van der Waals surface area contributed by atoms with E-state index in [0.717, 1.165) is 53.3 Å². The summed E-state index contributed by atoms with van der Waals surface area (Å²) in [6.07, 6.45) is 6.31. The van der Waals surface area contributed by atoms with Gasteiger partial charge in [-0.25, -0.2) is 9.98 Å². The first-order valence-electron chi connectivity index (χ1n) is 11.8. The van der Waals surface area contributed by atoms with Gasteiger partial charge in [0.05, 0.1) is 38.6 Å². The van der Waals surface area contributed by atoms with Gasteiger partial charge in [0.15, 0.2) is 0 Å². The monoisotopic (exact) mass is 446 g/mol. The van der Waals surface area contributed by atoms with Crippen LogP contribution in [0.15, 0.2) is 47.5 Å². The summed E-state index contributed by atoms with van der Waals surface area (Å²) >= 11 is 0. The number of ether oxygens (including phenoxy) is 2. The van der Waals surface area contributed by atoms with Gasteiger partial charge in [-0.15, -0.1) is 0 Å². The Kier molecular flexibility index (Phi) is 5.10. The molecule has 1 saturated carbocycles. The van der Waals surface area contributed by atoms with E-state index in [1.54, 1.807) is 14.2 Å². The third-order valence-corrected chi connectivity index (χ3v) is 7.15. The number of hydrogen-bond donors (Lipinski definition) is 1. The molecular weight excluding hydrogens is 416 g/mol. The minimum absolute atomic E-state index is 0.190. The second-order valence-corrected chi connectivity index (χ2v) is 9.00. The van der Waals surface area contributed by atoms with E-state index in [1.165, 1.54) is 32.1 Å². The summed E-state index contributed by atoms with van der Waals surface area (Å²) in [5.41, 5.74) is 3.07. The van der Waals surface area contributed by atoms with Crippen molar-refractivity contribution >= 4 is 22.9 Å². The van der Waals surface area contributed by atoms with E-state index in [4.69, 9.17) is 19.5 Å². The highest BCUT2D eigenvalue weighted by Gasteiger charge is 2.38. The first kappa shape index (κ1) is 20.4. The van der Waals surface area contributed by atoms with Gasteiger partial charge in [0.1, 0.15) is 17.7 Å². The molecule has 33 heavy (non-hydrogen) atoms. The number of methoxy groups -OCH3 is 2. The molecule has 3 heterocycles. The number of anilines is 1. The molecule has 2 aromatic carbocycles. The summed E-state index contributed by atoms with van der Waals surface area (Å²) < 4.78 is 13.5. The average Bonchev–Trinajstić information content (AvgIpc) is 3.28. The van der Waals surface area contributed by atoms with Gasteiger partial charge in [-0.2, -0.15) is 0 Å². The van der Waals surface area contributed by atoms with Crippen LogP contribution in [0, 0.1) is 0 Å². The quantitative estimate of drug-likeness (QED) is 0.655. The molecule has 0 unspecified atom stereocenters. The van der Waals surface area contributed by atoms with Crippen LogP contribution < -0.4 is 19.7 Å². The van der Waals surface area contributed by atoms with Gasteiger partial charge in [0.25, 0.3) is 0 Å². The maximum absolute atomic E-state index is 5.76. The predicted molar refractivity (Wildman–Crippen MR) is 129 cm³/mol. The molecule has 1 fully saturated rings. The van der Waals surface area contributed by atoms with E-state index >= 15 is 0 Å². The molecule has 0 amide bonds. The molecule has 1 aromatic heterocycles. The minimum Gasteiger partial charge on any atom is -0.497 e. The van der Waals surface area contributed by atoms with E-state index in [-0.39, 0.29) is 6.17 Å². The molecule has 1 atom stereocenters. The molecule has 8 heteroatoms. The lowest BCUT2D eigenvalue weighted by molar-refractivity contribution is 0.156. The van der Waals surface area contributed by atoms with Crippen LogP contribution in [-0.4, -0.2) is 54.0 Å². The van der Waals surface area contributed by atoms with E-state index in [2.05, 4.69) is 43.9 Å². The third-order valence-electron chi connectivity index (χ3n) is 7.15. The number of hydrogen-bond acceptors (Lipinski definition) is 7. The Bertz CT molecular complexity index is 1200. The molecule has 2 aliphatic heterocycles. The van der Waals surface area contributed by atoms with Crippen molar-refractivity contribution in [3.05, 3.63) is 48.0 Å². The summed E-state index contributed by atoms with van der Waals surface area (Å²) in [6.45, 7) is 1.52. The first-order chi connectivity index (χ1) is 16.3. The van der Waals surface area contributed by atoms with E-state index < -0.39 is 0 Å². The smallest absolute Gasteiger partial charge is 0.216 e. The fourth-order valence-corrected chi connectivity index (χ4v) is 5.42. The van der Waals surface area contributed by atoms with Crippen molar-refractivity contribution in [3.63, 3.8) is 0 Å². The number of aliphatic imine (C=N–C) groups is 1. The Morgan fingerprint density at radius 2 is 1.85 bits per heavy atom. The van der Waals surface area contributed by atoms with Crippen molar-refractivity contribution in [2.45, 2.75) is 44.3 Å². The van der Waals surface area contributed by atoms with Crippen molar-refractivity contribution in [1.82, 2.24) is 19.8 Å². The molecule has 0 radical (unpaired) electrons. The van der Waals surface area contributed by atoms with Crippen LogP contribution in [-0.2, 0) is 0 Å². The molecule has 1 aliphatic carbocycles. The van der Waals surface area contributed by atoms with Crippen molar-refractivity contribution in [2.24, 2.45) is 4.99 Å². The van der Waals surface area contributed by atoms with Crippen LogP contribution in [0.25, 0.3) is 11.0 Å². The molecular formula is C25H30N6O2. The van der Waals surface area contributed by atoms with E-state index in [1.807, 2.05) is 18.2 Å². The van der Waals surface area contributed by atoms with Crippen molar-refractivity contribution in [2.75, 3.05) is 32.5 Å². The number of benzene rings is 2. The number of imidazole rings is 1. The maximum Gasteiger partial charge on any atom is 0.216 e. The largest absolute Gasteiger partial charge is 0.497 e. The standard InChI is InChI=1S/C25H30N6O2/c1-32-18-12-13-19(22(14-18)33-2)23-28-24-26-15-29(17-8-4-3-5-9-17)16-30(24)25-27-20-10-6-7-11-21(20)31(23)25/h6-7,10-14,17,23H,3-5,8-9,15-16H2,1-2H3,(H,26,28)/t23-/m0/s1. The Labute approximate surface area is 193 Å². The lowest BCUT2D eigenvalue weighted by Crippen LogP contribution is -2.59. The Balaban J connectivity index is 1.45. The number of para-hydroxylation sites is 2. The summed E-state index contributed by atoms with van der Waals surface area (Å²) in [7, 11) is 3.36. The number of guanidine groups is 1. The highest BCUT2D eigenvalue weighted by molar-refractivity contribution is 5.99. The Morgan fingerprint density at radius 1 is 1.00 bits per heavy atom. The molecule has 3 aromatic rings. The fourth-order valence-electron chi connectivity index (χ4n) is 5.42. The predicted octanol–water partition coefficient (Wildman–Crippen LogP) is 3.93. The summed E-state index contributed by atoms with van der Waals surface area (Å²) in [4.78, 5) is 14.8. The molecule has 8 nitrogen and oxygen atoms in total. The fraction of sp³-hybridized carbons (Fsp3) is 0.440. The van der Waals surface area contributed by atoms with Gasteiger partial charge in [-0.1, -0.05) is 31.4 Å². The molecule has 1 N–H and O–H groups in total. The van der Waals surface area contributed by atoms with Gasteiger partial charge in [-0.05, 0) is 37.1 Å². The molecule has 0 bridgehead atoms.